The summed E-state index contributed by atoms with van der Waals surface area (Å²) >= 11 is 0. The first-order valence-electron chi connectivity index (χ1n) is 6.87. The van der Waals surface area contributed by atoms with Crippen LogP contribution in [0.25, 0.3) is 0 Å². The molecule has 0 aliphatic carbocycles. The second kappa shape index (κ2) is 6.68. The largest absolute Gasteiger partial charge is 0.487 e. The molecule has 2 aromatic carbocycles. The van der Waals surface area contributed by atoms with Gasteiger partial charge in [0.15, 0.2) is 6.61 Å². The van der Waals surface area contributed by atoms with Gasteiger partial charge in [0.25, 0.3) is 0 Å². The fourth-order valence-corrected chi connectivity index (χ4v) is 2.04. The molecule has 1 N–H and O–H groups in total. The number of aliphatic hydroxyl groups is 1. The summed E-state index contributed by atoms with van der Waals surface area (Å²) in [7, 11) is 0. The number of alkyl halides is 2. The highest BCUT2D eigenvalue weighted by Crippen LogP contribution is 2.31. The highest BCUT2D eigenvalue weighted by Gasteiger charge is 2.32. The van der Waals surface area contributed by atoms with Gasteiger partial charge >= 0.3 is 5.92 Å². The maximum atomic E-state index is 14.1. The van der Waals surface area contributed by atoms with Crippen LogP contribution in [0.3, 0.4) is 0 Å². The van der Waals surface area contributed by atoms with Crippen LogP contribution in [0.2, 0.25) is 0 Å². The molecule has 2 rings (SSSR count). The van der Waals surface area contributed by atoms with Crippen molar-refractivity contribution in [3.8, 4) is 5.75 Å². The van der Waals surface area contributed by atoms with Gasteiger partial charge in [0, 0.05) is 11.1 Å². The van der Waals surface area contributed by atoms with E-state index in [1.165, 1.54) is 12.1 Å². The topological polar surface area (TPSA) is 29.5 Å². The highest BCUT2D eigenvalue weighted by molar-refractivity contribution is 5.35. The van der Waals surface area contributed by atoms with Crippen LogP contribution < -0.4 is 4.74 Å². The molecule has 0 saturated heterocycles. The number of rotatable bonds is 6. The van der Waals surface area contributed by atoms with Crippen molar-refractivity contribution in [2.45, 2.75) is 25.4 Å². The molecule has 0 aliphatic heterocycles. The monoisotopic (exact) mass is 292 g/mol. The van der Waals surface area contributed by atoms with Crippen molar-refractivity contribution in [3.05, 3.63) is 65.7 Å². The zero-order valence-electron chi connectivity index (χ0n) is 11.8. The molecule has 0 amide bonds. The molecular formula is C17H18F2O2. The minimum absolute atomic E-state index is 0.0847. The first-order valence-corrected chi connectivity index (χ1v) is 6.87. The lowest BCUT2D eigenvalue weighted by molar-refractivity contribution is -0.0474. The Hall–Kier alpha value is -1.94. The molecule has 0 saturated carbocycles. The molecule has 0 bridgehead atoms. The van der Waals surface area contributed by atoms with Crippen LogP contribution in [0.1, 0.15) is 30.6 Å². The van der Waals surface area contributed by atoms with Crippen molar-refractivity contribution in [3.63, 3.8) is 0 Å². The standard InChI is InChI=1S/C17H18F2O2/c1-2-15(20)14-10-6-7-11-16(14)21-12-17(18,19)13-8-4-3-5-9-13/h3-11,15,20H,2,12H2,1H3/t15-/m1/s1. The molecule has 0 heterocycles. The van der Waals surface area contributed by atoms with Crippen molar-refractivity contribution in [1.29, 1.82) is 0 Å². The number of ether oxygens (including phenoxy) is 1. The molecule has 0 fully saturated rings. The lowest BCUT2D eigenvalue weighted by atomic mass is 10.1. The normalized spacial score (nSPS) is 13.0. The summed E-state index contributed by atoms with van der Waals surface area (Å²) in [6.45, 7) is 1.06. The van der Waals surface area contributed by atoms with Gasteiger partial charge in [-0.3, -0.25) is 0 Å². The number of hydrogen-bond donors (Lipinski definition) is 1. The Morgan fingerprint density at radius 1 is 1.05 bits per heavy atom. The van der Waals surface area contributed by atoms with E-state index in [9.17, 15) is 13.9 Å². The van der Waals surface area contributed by atoms with Crippen molar-refractivity contribution in [1.82, 2.24) is 0 Å². The summed E-state index contributed by atoms with van der Waals surface area (Å²) in [6, 6.07) is 14.3. The molecule has 0 aliphatic rings. The Morgan fingerprint density at radius 2 is 1.67 bits per heavy atom. The maximum absolute atomic E-state index is 14.1. The number of benzene rings is 2. The van der Waals surface area contributed by atoms with Gasteiger partial charge in [0.1, 0.15) is 5.75 Å². The second-order valence-electron chi connectivity index (χ2n) is 4.82. The number of halogens is 2. The number of aliphatic hydroxyl groups excluding tert-OH is 1. The van der Waals surface area contributed by atoms with Crippen LogP contribution >= 0.6 is 0 Å². The smallest absolute Gasteiger partial charge is 0.306 e. The van der Waals surface area contributed by atoms with E-state index in [-0.39, 0.29) is 5.56 Å². The minimum atomic E-state index is -3.08. The Bertz CT molecular complexity index is 570. The Morgan fingerprint density at radius 3 is 2.33 bits per heavy atom. The third kappa shape index (κ3) is 3.79. The number of hydrogen-bond acceptors (Lipinski definition) is 2. The van der Waals surface area contributed by atoms with Crippen molar-refractivity contribution < 1.29 is 18.6 Å². The van der Waals surface area contributed by atoms with E-state index in [0.29, 0.717) is 17.7 Å². The van der Waals surface area contributed by atoms with E-state index >= 15 is 0 Å². The molecule has 112 valence electrons. The predicted octanol–water partition coefficient (Wildman–Crippen LogP) is 4.30. The Labute approximate surface area is 123 Å². The zero-order chi connectivity index (χ0) is 15.3. The van der Waals surface area contributed by atoms with Gasteiger partial charge in [-0.15, -0.1) is 0 Å². The van der Waals surface area contributed by atoms with Gasteiger partial charge in [-0.25, -0.2) is 0 Å². The fourth-order valence-electron chi connectivity index (χ4n) is 2.04. The molecule has 0 spiro atoms. The van der Waals surface area contributed by atoms with Crippen molar-refractivity contribution in [2.24, 2.45) is 0 Å². The van der Waals surface area contributed by atoms with Crippen molar-refractivity contribution >= 4 is 0 Å². The SMILES string of the molecule is CC[C@@H](O)c1ccccc1OCC(F)(F)c1ccccc1. The van der Waals surface area contributed by atoms with Crippen LogP contribution in [-0.2, 0) is 5.92 Å². The molecule has 0 unspecified atom stereocenters. The summed E-state index contributed by atoms with van der Waals surface area (Å²) in [5.74, 6) is -2.78. The van der Waals surface area contributed by atoms with Crippen LogP contribution in [0.5, 0.6) is 5.75 Å². The van der Waals surface area contributed by atoms with Crippen LogP contribution in [0.4, 0.5) is 8.78 Å². The first kappa shape index (κ1) is 15.4. The molecular weight excluding hydrogens is 274 g/mol. The maximum Gasteiger partial charge on any atom is 0.306 e. The summed E-state index contributed by atoms with van der Waals surface area (Å²) in [5.41, 5.74) is 0.447. The molecule has 2 aromatic rings. The van der Waals surface area contributed by atoms with E-state index in [4.69, 9.17) is 4.74 Å². The summed E-state index contributed by atoms with van der Waals surface area (Å²) in [4.78, 5) is 0. The molecule has 0 aromatic heterocycles. The molecule has 21 heavy (non-hydrogen) atoms. The average molecular weight is 292 g/mol. The average Bonchev–Trinajstić information content (AvgIpc) is 2.53. The quantitative estimate of drug-likeness (QED) is 0.860. The van der Waals surface area contributed by atoms with Gasteiger partial charge in [-0.2, -0.15) is 8.78 Å². The van der Waals surface area contributed by atoms with Gasteiger partial charge in [0.05, 0.1) is 6.10 Å². The van der Waals surface area contributed by atoms with E-state index in [2.05, 4.69) is 0 Å². The van der Waals surface area contributed by atoms with Crippen LogP contribution in [0.15, 0.2) is 54.6 Å². The lowest BCUT2D eigenvalue weighted by Crippen LogP contribution is -2.23. The van der Waals surface area contributed by atoms with Gasteiger partial charge in [-0.1, -0.05) is 55.5 Å². The minimum Gasteiger partial charge on any atom is -0.487 e. The van der Waals surface area contributed by atoms with Crippen LogP contribution in [-0.4, -0.2) is 11.7 Å². The second-order valence-corrected chi connectivity index (χ2v) is 4.82. The van der Waals surface area contributed by atoms with Gasteiger partial charge < -0.3 is 9.84 Å². The molecule has 4 heteroatoms. The highest BCUT2D eigenvalue weighted by atomic mass is 19.3. The molecule has 1 atom stereocenters. The van der Waals surface area contributed by atoms with E-state index in [0.717, 1.165) is 0 Å². The third-order valence-corrected chi connectivity index (χ3v) is 3.27. The summed E-state index contributed by atoms with van der Waals surface area (Å²) < 4.78 is 33.4. The zero-order valence-corrected chi connectivity index (χ0v) is 11.8. The summed E-state index contributed by atoms with van der Waals surface area (Å²) in [5, 5.41) is 9.89. The van der Waals surface area contributed by atoms with Crippen molar-refractivity contribution in [2.75, 3.05) is 6.61 Å². The van der Waals surface area contributed by atoms with E-state index in [1.807, 2.05) is 6.92 Å². The predicted molar refractivity (Wildman–Crippen MR) is 77.5 cm³/mol. The van der Waals surface area contributed by atoms with Gasteiger partial charge in [-0.05, 0) is 12.5 Å². The molecule has 2 nitrogen and oxygen atoms in total. The summed E-state index contributed by atoms with van der Waals surface area (Å²) in [6.07, 6.45) is -0.221. The third-order valence-electron chi connectivity index (χ3n) is 3.27. The first-order chi connectivity index (χ1) is 10.0. The van der Waals surface area contributed by atoms with E-state index in [1.54, 1.807) is 42.5 Å². The van der Waals surface area contributed by atoms with Crippen LogP contribution in [0, 0.1) is 0 Å². The molecule has 0 radical (unpaired) electrons. The Kier molecular flexibility index (Phi) is 4.91. The number of para-hydroxylation sites is 1. The fraction of sp³-hybridized carbons (Fsp3) is 0.294. The van der Waals surface area contributed by atoms with Gasteiger partial charge in [0.2, 0.25) is 0 Å². The lowest BCUT2D eigenvalue weighted by Gasteiger charge is -2.20. The Balaban J connectivity index is 2.13. The van der Waals surface area contributed by atoms with E-state index < -0.39 is 18.6 Å².